The molecule has 4 rings (SSSR count). The number of piperidine rings is 1. The van der Waals surface area contributed by atoms with Crippen LogP contribution < -0.4 is 10.6 Å². The fourth-order valence-corrected chi connectivity index (χ4v) is 4.43. The van der Waals surface area contributed by atoms with Crippen LogP contribution in [0.4, 0.5) is 5.69 Å². The van der Waals surface area contributed by atoms with Crippen LogP contribution in [-0.4, -0.2) is 40.2 Å². The van der Waals surface area contributed by atoms with E-state index in [1.807, 2.05) is 35.7 Å². The van der Waals surface area contributed by atoms with Crippen molar-refractivity contribution in [3.63, 3.8) is 0 Å². The normalized spacial score (nSPS) is 16.9. The number of pyridine rings is 1. The van der Waals surface area contributed by atoms with Gasteiger partial charge in [0.05, 0.1) is 23.7 Å². The van der Waals surface area contributed by atoms with Crippen LogP contribution >= 0.6 is 22.9 Å². The van der Waals surface area contributed by atoms with Crippen LogP contribution in [0.1, 0.15) is 23.3 Å². The van der Waals surface area contributed by atoms with E-state index in [0.717, 1.165) is 36.3 Å². The second-order valence-corrected chi connectivity index (χ2v) is 7.98. The molecule has 0 bridgehead atoms. The van der Waals surface area contributed by atoms with E-state index in [4.69, 9.17) is 17.3 Å². The first-order chi connectivity index (χ1) is 13.5. The van der Waals surface area contributed by atoms with E-state index in [2.05, 4.69) is 14.9 Å². The predicted molar refractivity (Wildman–Crippen MR) is 112 cm³/mol. The molecule has 1 fully saturated rings. The molecule has 0 spiro atoms. The topological polar surface area (TPSA) is 92.3 Å². The molecule has 2 aromatic heterocycles. The number of primary amides is 1. The Hall–Kier alpha value is -2.48. The fourth-order valence-electron chi connectivity index (χ4n) is 3.37. The number of amides is 1. The summed E-state index contributed by atoms with van der Waals surface area (Å²) in [5.41, 5.74) is 8.72. The summed E-state index contributed by atoms with van der Waals surface area (Å²) in [6.07, 6.45) is 2.97. The van der Waals surface area contributed by atoms with Crippen molar-refractivity contribution in [1.29, 1.82) is 0 Å². The highest BCUT2D eigenvalue weighted by atomic mass is 35.5. The van der Waals surface area contributed by atoms with Crippen molar-refractivity contribution in [2.45, 2.75) is 18.9 Å². The molecule has 3 aromatic rings. The molecule has 1 atom stereocenters. The lowest BCUT2D eigenvalue weighted by Gasteiger charge is -2.32. The molecule has 1 aliphatic rings. The van der Waals surface area contributed by atoms with Gasteiger partial charge in [0.1, 0.15) is 10.7 Å². The van der Waals surface area contributed by atoms with Crippen LogP contribution in [0.3, 0.4) is 0 Å². The van der Waals surface area contributed by atoms with Crippen LogP contribution in [-0.2, 0) is 0 Å². The van der Waals surface area contributed by atoms with Crippen molar-refractivity contribution < 1.29 is 9.90 Å². The summed E-state index contributed by atoms with van der Waals surface area (Å²) in [5.74, 6) is -0.602. The molecule has 28 heavy (non-hydrogen) atoms. The van der Waals surface area contributed by atoms with Gasteiger partial charge >= 0.3 is 0 Å². The number of hydrogen-bond acceptors (Lipinski definition) is 6. The number of aliphatic hydroxyl groups is 1. The van der Waals surface area contributed by atoms with E-state index in [1.54, 1.807) is 6.20 Å². The minimum Gasteiger partial charge on any atom is -0.391 e. The molecular formula is C20H19ClN4O2S. The van der Waals surface area contributed by atoms with Crippen LogP contribution in [0.2, 0.25) is 5.02 Å². The highest BCUT2D eigenvalue weighted by Crippen LogP contribution is 2.35. The lowest BCUT2D eigenvalue weighted by Crippen LogP contribution is -2.38. The molecule has 6 nitrogen and oxygen atoms in total. The summed E-state index contributed by atoms with van der Waals surface area (Å²) in [5, 5.41) is 13.1. The van der Waals surface area contributed by atoms with Gasteiger partial charge in [-0.25, -0.2) is 9.97 Å². The molecule has 3 N–H and O–H groups in total. The third-order valence-corrected chi connectivity index (χ3v) is 5.96. The van der Waals surface area contributed by atoms with Crippen molar-refractivity contribution in [1.82, 2.24) is 9.97 Å². The van der Waals surface area contributed by atoms with E-state index in [-0.39, 0.29) is 11.8 Å². The van der Waals surface area contributed by atoms with E-state index < -0.39 is 5.91 Å². The first-order valence-electron chi connectivity index (χ1n) is 8.96. The summed E-state index contributed by atoms with van der Waals surface area (Å²) >= 11 is 7.69. The van der Waals surface area contributed by atoms with Crippen LogP contribution in [0, 0.1) is 0 Å². The number of carbonyl (C=O) groups is 1. The van der Waals surface area contributed by atoms with Gasteiger partial charge in [0.25, 0.3) is 5.91 Å². The summed E-state index contributed by atoms with van der Waals surface area (Å²) in [6.45, 7) is 1.37. The summed E-state index contributed by atoms with van der Waals surface area (Å²) in [6, 6.07) is 9.36. The first-order valence-corrected chi connectivity index (χ1v) is 10.2. The Kier molecular flexibility index (Phi) is 5.30. The second kappa shape index (κ2) is 7.87. The van der Waals surface area contributed by atoms with Crippen molar-refractivity contribution in [2.24, 2.45) is 5.73 Å². The number of aromatic nitrogens is 2. The molecule has 1 unspecified atom stereocenters. The Morgan fingerprint density at radius 3 is 2.89 bits per heavy atom. The molecule has 3 heterocycles. The molecule has 0 radical (unpaired) electrons. The number of aliphatic hydroxyl groups excluding tert-OH is 1. The van der Waals surface area contributed by atoms with Crippen LogP contribution in [0.15, 0.2) is 41.9 Å². The number of benzene rings is 1. The number of thiazole rings is 1. The van der Waals surface area contributed by atoms with Gasteiger partial charge in [0.15, 0.2) is 0 Å². The largest absolute Gasteiger partial charge is 0.391 e. The Morgan fingerprint density at radius 1 is 1.32 bits per heavy atom. The Morgan fingerprint density at radius 2 is 2.14 bits per heavy atom. The number of halogens is 1. The van der Waals surface area contributed by atoms with E-state index >= 15 is 0 Å². The van der Waals surface area contributed by atoms with Gasteiger partial charge in [-0.05, 0) is 25.0 Å². The van der Waals surface area contributed by atoms with E-state index in [1.165, 1.54) is 11.3 Å². The summed E-state index contributed by atoms with van der Waals surface area (Å²) < 4.78 is 0. The Balaban J connectivity index is 1.75. The third kappa shape index (κ3) is 3.73. The minimum absolute atomic E-state index is 0.182. The fraction of sp³-hybridized carbons (Fsp3) is 0.250. The van der Waals surface area contributed by atoms with Gasteiger partial charge in [0, 0.05) is 34.6 Å². The van der Waals surface area contributed by atoms with E-state index in [0.29, 0.717) is 22.1 Å². The smallest absolute Gasteiger partial charge is 0.268 e. The molecule has 1 saturated heterocycles. The summed E-state index contributed by atoms with van der Waals surface area (Å²) in [7, 11) is 0. The molecule has 0 saturated carbocycles. The second-order valence-electron chi connectivity index (χ2n) is 6.71. The maximum atomic E-state index is 11.9. The molecule has 8 heteroatoms. The van der Waals surface area contributed by atoms with Crippen molar-refractivity contribution in [3.8, 4) is 21.8 Å². The lowest BCUT2D eigenvalue weighted by molar-refractivity contribution is 0.0996. The number of rotatable bonds is 4. The zero-order valence-electron chi connectivity index (χ0n) is 15.0. The number of nitrogens with two attached hydrogens (primary N) is 1. The van der Waals surface area contributed by atoms with E-state index in [9.17, 15) is 9.90 Å². The molecule has 144 valence electrons. The highest BCUT2D eigenvalue weighted by Gasteiger charge is 2.22. The number of anilines is 1. The van der Waals surface area contributed by atoms with Crippen molar-refractivity contribution in [3.05, 3.63) is 52.6 Å². The van der Waals surface area contributed by atoms with Gasteiger partial charge in [-0.1, -0.05) is 29.8 Å². The average Bonchev–Trinajstić information content (AvgIpc) is 3.17. The number of carbonyl (C=O) groups excluding carboxylic acids is 1. The SMILES string of the molecule is NC(=O)c1ncc(N2CCCC(O)C2)cc1-c1nc(-c2ccccc2Cl)cs1. The Labute approximate surface area is 171 Å². The van der Waals surface area contributed by atoms with Gasteiger partial charge in [-0.15, -0.1) is 11.3 Å². The zero-order chi connectivity index (χ0) is 19.7. The third-order valence-electron chi connectivity index (χ3n) is 4.75. The monoisotopic (exact) mass is 414 g/mol. The zero-order valence-corrected chi connectivity index (χ0v) is 16.6. The number of nitrogens with zero attached hydrogens (tertiary/aromatic N) is 3. The summed E-state index contributed by atoms with van der Waals surface area (Å²) in [4.78, 5) is 23.0. The van der Waals surface area contributed by atoms with Gasteiger partial charge in [-0.3, -0.25) is 4.79 Å². The molecule has 1 aromatic carbocycles. The van der Waals surface area contributed by atoms with Crippen LogP contribution in [0.5, 0.6) is 0 Å². The molecular weight excluding hydrogens is 396 g/mol. The maximum absolute atomic E-state index is 11.9. The quantitative estimate of drug-likeness (QED) is 0.680. The minimum atomic E-state index is -0.602. The Bertz CT molecular complexity index is 1020. The van der Waals surface area contributed by atoms with Gasteiger partial charge in [0.2, 0.25) is 0 Å². The molecule has 1 aliphatic heterocycles. The van der Waals surface area contributed by atoms with Crippen molar-refractivity contribution >= 4 is 34.5 Å². The lowest BCUT2D eigenvalue weighted by atomic mass is 10.1. The average molecular weight is 415 g/mol. The van der Waals surface area contributed by atoms with Gasteiger partial charge in [-0.2, -0.15) is 0 Å². The first kappa shape index (κ1) is 18.9. The van der Waals surface area contributed by atoms with Gasteiger partial charge < -0.3 is 15.7 Å². The predicted octanol–water partition coefficient (Wildman–Crippen LogP) is 3.59. The number of β-amino-alcohol motifs (C(OH)–C–C–N with tert-alkyl or cyclic N) is 1. The maximum Gasteiger partial charge on any atom is 0.268 e. The van der Waals surface area contributed by atoms with Crippen molar-refractivity contribution in [2.75, 3.05) is 18.0 Å². The van der Waals surface area contributed by atoms with Crippen LogP contribution in [0.25, 0.3) is 21.8 Å². The molecule has 1 amide bonds. The molecule has 0 aliphatic carbocycles. The number of hydrogen-bond donors (Lipinski definition) is 2. The highest BCUT2D eigenvalue weighted by molar-refractivity contribution is 7.13. The standard InChI is InChI=1S/C20H19ClN4O2S/c21-16-6-2-1-5-14(16)17-11-28-20(24-17)15-8-12(9-23-18(15)19(22)27)25-7-3-4-13(26)10-25/h1-2,5-6,8-9,11,13,26H,3-4,7,10H2,(H2,22,27).